The summed E-state index contributed by atoms with van der Waals surface area (Å²) in [6.45, 7) is 5.17. The molecule has 4 nitrogen and oxygen atoms in total. The van der Waals surface area contributed by atoms with Crippen molar-refractivity contribution in [2.24, 2.45) is 0 Å². The van der Waals surface area contributed by atoms with Crippen LogP contribution in [0.1, 0.15) is 13.8 Å². The van der Waals surface area contributed by atoms with E-state index >= 15 is 0 Å². The second-order valence-corrected chi connectivity index (χ2v) is 3.93. The number of ether oxygens (including phenoxy) is 1. The molecule has 0 N–H and O–H groups in total. The Hall–Kier alpha value is -1.71. The third kappa shape index (κ3) is 3.66. The fraction of sp³-hybridized carbons (Fsp3) is 0.462. The number of hydrogen-bond donors (Lipinski definition) is 0. The predicted octanol–water partition coefficient (Wildman–Crippen LogP) is 2.59. The van der Waals surface area contributed by atoms with E-state index in [0.717, 1.165) is 5.69 Å². The highest BCUT2D eigenvalue weighted by Gasteiger charge is 2.12. The van der Waals surface area contributed by atoms with Crippen LogP contribution in [0, 0.1) is 0 Å². The van der Waals surface area contributed by atoms with E-state index in [0.29, 0.717) is 18.8 Å². The van der Waals surface area contributed by atoms with Gasteiger partial charge >= 0.3 is 6.09 Å². The number of nitrogens with zero attached hydrogens (tertiary/aromatic N) is 2. The van der Waals surface area contributed by atoms with Crippen LogP contribution in [0.25, 0.3) is 0 Å². The molecule has 1 amide bonds. The molecule has 0 heterocycles. The summed E-state index contributed by atoms with van der Waals surface area (Å²) in [7, 11) is 3.90. The zero-order valence-electron chi connectivity index (χ0n) is 10.9. The maximum Gasteiger partial charge on any atom is 0.415 e. The van der Waals surface area contributed by atoms with E-state index in [9.17, 15) is 4.79 Å². The molecular weight excluding hydrogens is 216 g/mol. The van der Waals surface area contributed by atoms with Gasteiger partial charge in [-0.05, 0) is 26.0 Å². The summed E-state index contributed by atoms with van der Waals surface area (Å²) in [5, 5.41) is 0. The molecule has 17 heavy (non-hydrogen) atoms. The first-order chi connectivity index (χ1) is 8.08. The first-order valence-electron chi connectivity index (χ1n) is 5.82. The number of hydrogen-bond acceptors (Lipinski definition) is 3. The SMILES string of the molecule is CCN(CC)C(=O)Oc1cccc(N(C)C)c1. The molecule has 0 atom stereocenters. The van der Waals surface area contributed by atoms with Gasteiger partial charge in [-0.2, -0.15) is 0 Å². The number of amides is 1. The number of benzene rings is 1. The standard InChI is InChI=1S/C13H20N2O2/c1-5-15(6-2)13(16)17-12-9-7-8-11(10-12)14(3)4/h7-10H,5-6H2,1-4H3. The molecule has 0 bridgehead atoms. The monoisotopic (exact) mass is 236 g/mol. The molecule has 1 rings (SSSR count). The first kappa shape index (κ1) is 13.4. The van der Waals surface area contributed by atoms with Gasteiger partial charge in [0.1, 0.15) is 5.75 Å². The summed E-state index contributed by atoms with van der Waals surface area (Å²) in [6, 6.07) is 7.48. The molecule has 4 heteroatoms. The predicted molar refractivity (Wildman–Crippen MR) is 69.7 cm³/mol. The minimum Gasteiger partial charge on any atom is -0.410 e. The van der Waals surface area contributed by atoms with Gasteiger partial charge in [-0.3, -0.25) is 0 Å². The summed E-state index contributed by atoms with van der Waals surface area (Å²) in [5.41, 5.74) is 1.01. The summed E-state index contributed by atoms with van der Waals surface area (Å²) in [6.07, 6.45) is -0.300. The van der Waals surface area contributed by atoms with Gasteiger partial charge in [-0.25, -0.2) is 4.79 Å². The third-order valence-electron chi connectivity index (χ3n) is 2.56. The molecule has 0 fully saturated rings. The lowest BCUT2D eigenvalue weighted by atomic mass is 10.3. The minimum atomic E-state index is -0.300. The second kappa shape index (κ2) is 6.13. The highest BCUT2D eigenvalue weighted by molar-refractivity contribution is 5.71. The van der Waals surface area contributed by atoms with Crippen molar-refractivity contribution in [3.8, 4) is 5.75 Å². The van der Waals surface area contributed by atoms with Crippen LogP contribution < -0.4 is 9.64 Å². The van der Waals surface area contributed by atoms with E-state index in [1.54, 1.807) is 11.0 Å². The Morgan fingerprint density at radius 1 is 1.24 bits per heavy atom. The Kier molecular flexibility index (Phi) is 4.82. The quantitative estimate of drug-likeness (QED) is 0.805. The largest absolute Gasteiger partial charge is 0.415 e. The van der Waals surface area contributed by atoms with Crippen molar-refractivity contribution in [2.45, 2.75) is 13.8 Å². The van der Waals surface area contributed by atoms with Crippen molar-refractivity contribution in [1.82, 2.24) is 4.90 Å². The third-order valence-corrected chi connectivity index (χ3v) is 2.56. The zero-order chi connectivity index (χ0) is 12.8. The van der Waals surface area contributed by atoms with Crippen molar-refractivity contribution in [2.75, 3.05) is 32.1 Å². The molecule has 0 saturated heterocycles. The number of carbonyl (C=O) groups is 1. The first-order valence-corrected chi connectivity index (χ1v) is 5.82. The molecule has 0 unspecified atom stereocenters. The highest BCUT2D eigenvalue weighted by Crippen LogP contribution is 2.19. The molecular formula is C13H20N2O2. The Labute approximate surface area is 103 Å². The summed E-state index contributed by atoms with van der Waals surface area (Å²) in [4.78, 5) is 15.4. The molecule has 1 aromatic carbocycles. The van der Waals surface area contributed by atoms with E-state index in [2.05, 4.69) is 0 Å². The van der Waals surface area contributed by atoms with Crippen LogP contribution in [0.2, 0.25) is 0 Å². The lowest BCUT2D eigenvalue weighted by Crippen LogP contribution is -2.33. The topological polar surface area (TPSA) is 32.8 Å². The van der Waals surface area contributed by atoms with Gasteiger partial charge in [0.25, 0.3) is 0 Å². The van der Waals surface area contributed by atoms with Crippen LogP contribution in [0.3, 0.4) is 0 Å². The van der Waals surface area contributed by atoms with Crippen LogP contribution in [0.4, 0.5) is 10.5 Å². The van der Waals surface area contributed by atoms with Crippen molar-refractivity contribution >= 4 is 11.8 Å². The van der Waals surface area contributed by atoms with Crippen LogP contribution in [-0.2, 0) is 0 Å². The number of carbonyl (C=O) groups excluding carboxylic acids is 1. The normalized spacial score (nSPS) is 9.88. The van der Waals surface area contributed by atoms with Gasteiger partial charge in [0.15, 0.2) is 0 Å². The fourth-order valence-electron chi connectivity index (χ4n) is 1.47. The summed E-state index contributed by atoms with van der Waals surface area (Å²) >= 11 is 0. The van der Waals surface area contributed by atoms with E-state index < -0.39 is 0 Å². The average molecular weight is 236 g/mol. The summed E-state index contributed by atoms with van der Waals surface area (Å²) < 4.78 is 5.31. The van der Waals surface area contributed by atoms with Gasteiger partial charge in [0, 0.05) is 38.9 Å². The molecule has 1 aromatic rings. The van der Waals surface area contributed by atoms with Crippen LogP contribution >= 0.6 is 0 Å². The molecule has 0 aliphatic rings. The van der Waals surface area contributed by atoms with Crippen molar-refractivity contribution in [3.63, 3.8) is 0 Å². The molecule has 0 aliphatic heterocycles. The molecule has 0 aliphatic carbocycles. The average Bonchev–Trinajstić information content (AvgIpc) is 2.30. The minimum absolute atomic E-state index is 0.300. The maximum atomic E-state index is 11.7. The lowest BCUT2D eigenvalue weighted by Gasteiger charge is -2.19. The van der Waals surface area contributed by atoms with E-state index in [1.165, 1.54) is 0 Å². The van der Waals surface area contributed by atoms with E-state index in [1.807, 2.05) is 51.0 Å². The van der Waals surface area contributed by atoms with Crippen LogP contribution in [0.15, 0.2) is 24.3 Å². The fourth-order valence-corrected chi connectivity index (χ4v) is 1.47. The van der Waals surface area contributed by atoms with E-state index in [4.69, 9.17) is 4.74 Å². The maximum absolute atomic E-state index is 11.7. The van der Waals surface area contributed by atoms with Gasteiger partial charge in [0.05, 0.1) is 0 Å². The van der Waals surface area contributed by atoms with Gasteiger partial charge in [-0.15, -0.1) is 0 Å². The smallest absolute Gasteiger partial charge is 0.410 e. The van der Waals surface area contributed by atoms with Gasteiger partial charge in [0.2, 0.25) is 0 Å². The lowest BCUT2D eigenvalue weighted by molar-refractivity contribution is 0.157. The number of rotatable bonds is 4. The Morgan fingerprint density at radius 2 is 1.88 bits per heavy atom. The molecule has 94 valence electrons. The van der Waals surface area contributed by atoms with Crippen molar-refractivity contribution in [3.05, 3.63) is 24.3 Å². The van der Waals surface area contributed by atoms with E-state index in [-0.39, 0.29) is 6.09 Å². The van der Waals surface area contributed by atoms with Gasteiger partial charge < -0.3 is 14.5 Å². The summed E-state index contributed by atoms with van der Waals surface area (Å²) in [5.74, 6) is 0.577. The molecule has 0 saturated carbocycles. The highest BCUT2D eigenvalue weighted by atomic mass is 16.6. The second-order valence-electron chi connectivity index (χ2n) is 3.93. The Morgan fingerprint density at radius 3 is 2.41 bits per heavy atom. The molecule has 0 aromatic heterocycles. The zero-order valence-corrected chi connectivity index (χ0v) is 10.9. The molecule has 0 radical (unpaired) electrons. The van der Waals surface area contributed by atoms with Crippen LogP contribution in [-0.4, -0.2) is 38.2 Å². The number of anilines is 1. The van der Waals surface area contributed by atoms with Gasteiger partial charge in [-0.1, -0.05) is 6.07 Å². The molecule has 0 spiro atoms. The van der Waals surface area contributed by atoms with Crippen molar-refractivity contribution < 1.29 is 9.53 Å². The van der Waals surface area contributed by atoms with Crippen LogP contribution in [0.5, 0.6) is 5.75 Å². The van der Waals surface area contributed by atoms with Crippen molar-refractivity contribution in [1.29, 1.82) is 0 Å². The Balaban J connectivity index is 2.74. The Bertz CT molecular complexity index is 373.